The van der Waals surface area contributed by atoms with Gasteiger partial charge in [0.25, 0.3) is 0 Å². The molecule has 6 aliphatic carbocycles. The van der Waals surface area contributed by atoms with Gasteiger partial charge in [0.2, 0.25) is 11.8 Å². The Morgan fingerprint density at radius 3 is 1.07 bits per heavy atom. The van der Waals surface area contributed by atoms with Gasteiger partial charge in [-0.3, -0.25) is 19.2 Å². The highest BCUT2D eigenvalue weighted by Gasteiger charge is 2.43. The van der Waals surface area contributed by atoms with Crippen molar-refractivity contribution in [2.24, 2.45) is 52.8 Å². The first kappa shape index (κ1) is 42.4. The van der Waals surface area contributed by atoms with Crippen molar-refractivity contribution in [2.75, 3.05) is 0 Å². The van der Waals surface area contributed by atoms with Crippen LogP contribution < -0.4 is 10.6 Å². The Morgan fingerprint density at radius 2 is 0.764 bits per heavy atom. The molecule has 6 saturated carbocycles. The van der Waals surface area contributed by atoms with Gasteiger partial charge in [-0.2, -0.15) is 0 Å². The summed E-state index contributed by atoms with van der Waals surface area (Å²) in [5.41, 5.74) is 0.300. The van der Waals surface area contributed by atoms with Crippen LogP contribution in [-0.4, -0.2) is 70.5 Å². The molecular formula is C45H74N2O8. The predicted molar refractivity (Wildman–Crippen MR) is 211 cm³/mol. The first-order valence-electron chi connectivity index (χ1n) is 22.6. The zero-order valence-electron chi connectivity index (χ0n) is 34.5. The third-order valence-electron chi connectivity index (χ3n) is 15.8. The molecule has 6 aliphatic rings. The van der Waals surface area contributed by atoms with Crippen molar-refractivity contribution in [2.45, 2.75) is 205 Å². The van der Waals surface area contributed by atoms with Crippen LogP contribution in [0.25, 0.3) is 0 Å². The molecule has 4 N–H and O–H groups in total. The van der Waals surface area contributed by atoms with Gasteiger partial charge < -0.3 is 30.3 Å². The Hall–Kier alpha value is -2.20. The zero-order valence-corrected chi connectivity index (χ0v) is 34.5. The van der Waals surface area contributed by atoms with Crippen LogP contribution in [0.5, 0.6) is 0 Å². The molecule has 0 aromatic carbocycles. The van der Waals surface area contributed by atoms with Gasteiger partial charge in [-0.1, -0.05) is 27.7 Å². The van der Waals surface area contributed by atoms with Crippen LogP contribution in [-0.2, 0) is 28.7 Å². The van der Waals surface area contributed by atoms with Gasteiger partial charge in [0.1, 0.15) is 0 Å². The molecular weight excluding hydrogens is 697 g/mol. The molecule has 6 fully saturated rings. The van der Waals surface area contributed by atoms with Crippen LogP contribution >= 0.6 is 0 Å². The maximum atomic E-state index is 13.1. The maximum absolute atomic E-state index is 13.1. The number of nitrogens with one attached hydrogen (secondary N) is 2. The Morgan fingerprint density at radius 1 is 0.455 bits per heavy atom. The average Bonchev–Trinajstić information content (AvgIpc) is 3.16. The highest BCUT2D eigenvalue weighted by atomic mass is 16.5. The molecule has 0 bridgehead atoms. The van der Waals surface area contributed by atoms with E-state index in [1.165, 1.54) is 25.7 Å². The monoisotopic (exact) mass is 771 g/mol. The molecule has 6 atom stereocenters. The Bertz CT molecular complexity index is 1190. The second kappa shape index (κ2) is 19.0. The molecule has 0 aromatic heterocycles. The van der Waals surface area contributed by atoms with E-state index in [-0.39, 0.29) is 36.1 Å². The second-order valence-electron chi connectivity index (χ2n) is 19.9. The fourth-order valence-electron chi connectivity index (χ4n) is 12.0. The molecule has 6 rings (SSSR count). The first-order chi connectivity index (χ1) is 26.3. The van der Waals surface area contributed by atoms with Gasteiger partial charge >= 0.3 is 11.9 Å². The quantitative estimate of drug-likeness (QED) is 0.155. The molecule has 10 heteroatoms. The Kier molecular flexibility index (Phi) is 14.7. The third kappa shape index (κ3) is 11.1. The third-order valence-corrected chi connectivity index (χ3v) is 15.8. The molecule has 0 aliphatic heterocycles. The van der Waals surface area contributed by atoms with Crippen LogP contribution in [0.2, 0.25) is 0 Å². The van der Waals surface area contributed by atoms with Crippen LogP contribution in [0.1, 0.15) is 169 Å². The molecule has 10 nitrogen and oxygen atoms in total. The summed E-state index contributed by atoms with van der Waals surface area (Å²) in [6.07, 6.45) is 22.3. The lowest BCUT2D eigenvalue weighted by Gasteiger charge is -2.47. The second-order valence-corrected chi connectivity index (χ2v) is 19.9. The lowest BCUT2D eigenvalue weighted by Crippen LogP contribution is -2.47. The first-order valence-corrected chi connectivity index (χ1v) is 22.6. The number of carbonyl (C=O) groups is 4. The Balaban J connectivity index is 0.848. The minimum atomic E-state index is -0.833. The van der Waals surface area contributed by atoms with E-state index in [9.17, 15) is 29.4 Å². The number of carbonyl (C=O) groups excluding carboxylic acids is 2. The van der Waals surface area contributed by atoms with Gasteiger partial charge in [-0.05, 0) is 170 Å². The molecule has 312 valence electrons. The summed E-state index contributed by atoms with van der Waals surface area (Å²) in [7, 11) is 0. The zero-order chi connectivity index (χ0) is 39.3. The molecule has 55 heavy (non-hydrogen) atoms. The van der Waals surface area contributed by atoms with Crippen molar-refractivity contribution in [3.05, 3.63) is 0 Å². The lowest BCUT2D eigenvalue weighted by atomic mass is 9.60. The van der Waals surface area contributed by atoms with Gasteiger partial charge in [-0.15, -0.1) is 0 Å². The minimum Gasteiger partial charge on any atom is -0.481 e. The molecule has 6 unspecified atom stereocenters. The molecule has 2 amide bonds. The number of hydrogen-bond donors (Lipinski definition) is 4. The average molecular weight is 771 g/mol. The molecule has 0 spiro atoms. The number of ether oxygens (including phenoxy) is 2. The minimum absolute atomic E-state index is 0.0595. The number of hydrogen-bond acceptors (Lipinski definition) is 6. The smallest absolute Gasteiger partial charge is 0.307 e. The Labute approximate surface area is 330 Å². The van der Waals surface area contributed by atoms with Crippen molar-refractivity contribution in [3.8, 4) is 0 Å². The van der Waals surface area contributed by atoms with Crippen molar-refractivity contribution < 1.29 is 38.9 Å². The summed E-state index contributed by atoms with van der Waals surface area (Å²) >= 11 is 0. The maximum Gasteiger partial charge on any atom is 0.307 e. The van der Waals surface area contributed by atoms with Crippen molar-refractivity contribution in [1.29, 1.82) is 0 Å². The molecule has 0 radical (unpaired) electrons. The number of amides is 2. The van der Waals surface area contributed by atoms with Crippen molar-refractivity contribution in [1.82, 2.24) is 10.6 Å². The highest BCUT2D eigenvalue weighted by Crippen LogP contribution is 2.49. The molecule has 0 saturated heterocycles. The standard InChI is InChI=1S/C45H74N2O8/c1-27-5-23-37(43(50)51)39(25-27)41(48)46-31-11-19-35(20-12-31)54-33-15-7-29(8-16-33)45(3,4)30-9-17-34(18-10-30)55-36-21-13-32(14-22-36)47-42(49)40-26-28(2)6-24-38(40)44(52)53/h27-40H,5-26H2,1-4H3,(H,46,48)(H,47,49)(H,50,51)(H,52,53). The summed E-state index contributed by atoms with van der Waals surface area (Å²) in [6, 6.07) is 0.245. The van der Waals surface area contributed by atoms with Gasteiger partial charge in [0, 0.05) is 12.1 Å². The number of carboxylic acids is 2. The highest BCUT2D eigenvalue weighted by molar-refractivity contribution is 5.85. The summed E-state index contributed by atoms with van der Waals surface area (Å²) < 4.78 is 13.4. The molecule has 0 heterocycles. The fraction of sp³-hybridized carbons (Fsp3) is 0.911. The van der Waals surface area contributed by atoms with Crippen molar-refractivity contribution >= 4 is 23.8 Å². The predicted octanol–water partition coefficient (Wildman–Crippen LogP) is 8.29. The topological polar surface area (TPSA) is 151 Å². The van der Waals surface area contributed by atoms with Crippen LogP contribution in [0.3, 0.4) is 0 Å². The van der Waals surface area contributed by atoms with E-state index in [0.29, 0.717) is 67.0 Å². The summed E-state index contributed by atoms with van der Waals surface area (Å²) in [4.78, 5) is 49.8. The number of aliphatic carboxylic acids is 2. The summed E-state index contributed by atoms with van der Waals surface area (Å²) in [6.45, 7) is 9.26. The van der Waals surface area contributed by atoms with E-state index < -0.39 is 35.6 Å². The van der Waals surface area contributed by atoms with E-state index in [1.807, 2.05) is 0 Å². The van der Waals surface area contributed by atoms with Gasteiger partial charge in [0.15, 0.2) is 0 Å². The van der Waals surface area contributed by atoms with E-state index in [4.69, 9.17) is 9.47 Å². The summed E-state index contributed by atoms with van der Waals surface area (Å²) in [5.74, 6) is -1.50. The summed E-state index contributed by atoms with van der Waals surface area (Å²) in [5, 5.41) is 25.8. The van der Waals surface area contributed by atoms with E-state index in [2.05, 4.69) is 38.3 Å². The van der Waals surface area contributed by atoms with E-state index >= 15 is 0 Å². The fourth-order valence-corrected chi connectivity index (χ4v) is 12.0. The SMILES string of the molecule is CC1CCC(C(=O)O)C(C(=O)NC2CCC(OC3CCC(C(C)(C)C4CCC(OC5CCC(NC(=O)C6CC(C)CCC6C(=O)O)CC5)CC4)CC3)CC2)C1. The normalized spacial score (nSPS) is 40.4. The number of rotatable bonds is 12. The van der Waals surface area contributed by atoms with Gasteiger partial charge in [0.05, 0.1) is 48.1 Å². The van der Waals surface area contributed by atoms with Crippen molar-refractivity contribution in [3.63, 3.8) is 0 Å². The largest absolute Gasteiger partial charge is 0.481 e. The van der Waals surface area contributed by atoms with Crippen LogP contribution in [0, 0.1) is 52.8 Å². The van der Waals surface area contributed by atoms with Crippen LogP contribution in [0.15, 0.2) is 0 Å². The van der Waals surface area contributed by atoms with E-state index in [1.54, 1.807) is 0 Å². The van der Waals surface area contributed by atoms with E-state index in [0.717, 1.165) is 89.9 Å². The van der Waals surface area contributed by atoms with Gasteiger partial charge in [-0.25, -0.2) is 0 Å². The number of carboxylic acid groups (broad SMARTS) is 2. The van der Waals surface area contributed by atoms with Crippen LogP contribution in [0.4, 0.5) is 0 Å². The lowest BCUT2D eigenvalue weighted by molar-refractivity contribution is -0.150. The molecule has 0 aromatic rings.